The number of thiol groups is 1. The molecule has 0 fully saturated rings. The van der Waals surface area contributed by atoms with Gasteiger partial charge < -0.3 is 10.1 Å². The first-order valence-corrected chi connectivity index (χ1v) is 5.24. The third-order valence-corrected chi connectivity index (χ3v) is 2.41. The minimum absolute atomic E-state index is 0.0463. The molecule has 1 rings (SSSR count). The van der Waals surface area contributed by atoms with Crippen LogP contribution in [0, 0.1) is 0 Å². The number of nitrogens with one attached hydrogen (secondary N) is 1. The van der Waals surface area contributed by atoms with Crippen molar-refractivity contribution in [3.05, 3.63) is 34.2 Å². The largest absolute Gasteiger partial charge is 0.433 e. The zero-order chi connectivity index (χ0) is 12.1. The summed E-state index contributed by atoms with van der Waals surface area (Å²) in [5.74, 6) is -0.0463. The molecule has 0 atom stereocenters. The zero-order valence-corrected chi connectivity index (χ0v) is 10.0. The molecule has 0 unspecified atom stereocenters. The van der Waals surface area contributed by atoms with Crippen molar-refractivity contribution in [1.29, 1.82) is 0 Å². The Bertz CT molecular complexity index is 398. The lowest BCUT2D eigenvalue weighted by Gasteiger charge is -2.10. The monoisotopic (exact) mass is 265 g/mol. The van der Waals surface area contributed by atoms with Gasteiger partial charge in [0.05, 0.1) is 5.02 Å². The average Bonchev–Trinajstić information content (AvgIpc) is 2.23. The molecule has 0 heterocycles. The molecule has 88 valence electrons. The SMILES string of the molecule is CN/C(=C\S)c1ccc(OC(F)F)c(Cl)c1. The van der Waals surface area contributed by atoms with Gasteiger partial charge in [-0.25, -0.2) is 0 Å². The molecule has 0 saturated heterocycles. The van der Waals surface area contributed by atoms with Crippen molar-refractivity contribution >= 4 is 29.9 Å². The molecule has 0 aromatic heterocycles. The summed E-state index contributed by atoms with van der Waals surface area (Å²) in [4.78, 5) is 0. The highest BCUT2D eigenvalue weighted by Gasteiger charge is 2.09. The van der Waals surface area contributed by atoms with E-state index in [2.05, 4.69) is 22.7 Å². The summed E-state index contributed by atoms with van der Waals surface area (Å²) < 4.78 is 28.2. The fourth-order valence-electron chi connectivity index (χ4n) is 1.14. The predicted octanol–water partition coefficient (Wildman–Crippen LogP) is 3.39. The standard InChI is InChI=1S/C10H10ClF2NOS/c1-14-8(5-16)6-2-3-9(7(11)4-6)15-10(12)13/h2-5,10,14,16H,1H3/b8-5-. The Kier molecular flexibility index (Phi) is 4.89. The van der Waals surface area contributed by atoms with Gasteiger partial charge >= 0.3 is 6.61 Å². The molecule has 0 aliphatic carbocycles. The Morgan fingerprint density at radius 1 is 1.56 bits per heavy atom. The molecule has 0 spiro atoms. The van der Waals surface area contributed by atoms with E-state index < -0.39 is 6.61 Å². The van der Waals surface area contributed by atoms with Crippen LogP contribution in [0.25, 0.3) is 5.70 Å². The summed E-state index contributed by atoms with van der Waals surface area (Å²) >= 11 is 9.80. The Labute approximate surface area is 103 Å². The number of rotatable bonds is 4. The van der Waals surface area contributed by atoms with Crippen LogP contribution in [-0.2, 0) is 0 Å². The van der Waals surface area contributed by atoms with Gasteiger partial charge in [-0.1, -0.05) is 11.6 Å². The maximum Gasteiger partial charge on any atom is 0.387 e. The quantitative estimate of drug-likeness (QED) is 0.815. The molecule has 0 bridgehead atoms. The van der Waals surface area contributed by atoms with E-state index in [0.717, 1.165) is 11.3 Å². The lowest BCUT2D eigenvalue weighted by molar-refractivity contribution is -0.0497. The second-order valence-corrected chi connectivity index (χ2v) is 3.48. The maximum absolute atomic E-state index is 12.0. The lowest BCUT2D eigenvalue weighted by atomic mass is 10.1. The summed E-state index contributed by atoms with van der Waals surface area (Å²) in [7, 11) is 1.72. The smallest absolute Gasteiger partial charge is 0.387 e. The van der Waals surface area contributed by atoms with Crippen LogP contribution in [0.15, 0.2) is 23.6 Å². The van der Waals surface area contributed by atoms with Crippen LogP contribution in [0.2, 0.25) is 5.02 Å². The Morgan fingerprint density at radius 2 is 2.25 bits per heavy atom. The normalized spacial score (nSPS) is 11.8. The van der Waals surface area contributed by atoms with Crippen molar-refractivity contribution in [2.75, 3.05) is 7.05 Å². The molecule has 6 heteroatoms. The molecular formula is C10H10ClF2NOS. The topological polar surface area (TPSA) is 21.3 Å². The van der Waals surface area contributed by atoms with Gasteiger partial charge in [0.15, 0.2) is 0 Å². The minimum Gasteiger partial charge on any atom is -0.433 e. The van der Waals surface area contributed by atoms with Crippen LogP contribution < -0.4 is 10.1 Å². The molecule has 1 N–H and O–H groups in total. The zero-order valence-electron chi connectivity index (χ0n) is 8.38. The number of alkyl halides is 2. The first kappa shape index (κ1) is 13.1. The van der Waals surface area contributed by atoms with E-state index in [9.17, 15) is 8.78 Å². The summed E-state index contributed by atoms with van der Waals surface area (Å²) in [6, 6.07) is 4.53. The third-order valence-electron chi connectivity index (χ3n) is 1.86. The second kappa shape index (κ2) is 5.96. The molecular weight excluding hydrogens is 256 g/mol. The third kappa shape index (κ3) is 3.28. The highest BCUT2D eigenvalue weighted by atomic mass is 35.5. The number of halogens is 3. The van der Waals surface area contributed by atoms with E-state index in [4.69, 9.17) is 11.6 Å². The fraction of sp³-hybridized carbons (Fsp3) is 0.200. The van der Waals surface area contributed by atoms with Crippen LogP contribution in [0.1, 0.15) is 5.56 Å². The molecule has 1 aromatic rings. The maximum atomic E-state index is 12.0. The summed E-state index contributed by atoms with van der Waals surface area (Å²) in [6.45, 7) is -2.88. The summed E-state index contributed by atoms with van der Waals surface area (Å²) in [5, 5.41) is 4.57. The van der Waals surface area contributed by atoms with Gasteiger partial charge in [0.1, 0.15) is 5.75 Å². The average molecular weight is 266 g/mol. The molecule has 2 nitrogen and oxygen atoms in total. The highest BCUT2D eigenvalue weighted by Crippen LogP contribution is 2.28. The lowest BCUT2D eigenvalue weighted by Crippen LogP contribution is -2.05. The first-order valence-electron chi connectivity index (χ1n) is 4.35. The number of benzene rings is 1. The Balaban J connectivity index is 2.99. The van der Waals surface area contributed by atoms with Gasteiger partial charge in [0.2, 0.25) is 0 Å². The van der Waals surface area contributed by atoms with E-state index in [1.54, 1.807) is 18.5 Å². The number of ether oxygens (including phenoxy) is 1. The molecule has 0 aliphatic rings. The van der Waals surface area contributed by atoms with Crippen LogP contribution in [-0.4, -0.2) is 13.7 Å². The Morgan fingerprint density at radius 3 is 2.69 bits per heavy atom. The van der Waals surface area contributed by atoms with E-state index >= 15 is 0 Å². The summed E-state index contributed by atoms with van der Waals surface area (Å²) in [6.07, 6.45) is 0. The molecule has 0 amide bonds. The van der Waals surface area contributed by atoms with Crippen LogP contribution in [0.3, 0.4) is 0 Å². The van der Waals surface area contributed by atoms with Crippen molar-refractivity contribution in [2.45, 2.75) is 6.61 Å². The molecule has 16 heavy (non-hydrogen) atoms. The highest BCUT2D eigenvalue weighted by molar-refractivity contribution is 7.83. The number of hydrogen-bond donors (Lipinski definition) is 2. The van der Waals surface area contributed by atoms with Crippen molar-refractivity contribution < 1.29 is 13.5 Å². The van der Waals surface area contributed by atoms with Gasteiger partial charge in [0, 0.05) is 12.7 Å². The number of hydrogen-bond acceptors (Lipinski definition) is 3. The van der Waals surface area contributed by atoms with Crippen LogP contribution in [0.4, 0.5) is 8.78 Å². The molecule has 1 aromatic carbocycles. The minimum atomic E-state index is -2.88. The van der Waals surface area contributed by atoms with Crippen molar-refractivity contribution in [3.8, 4) is 5.75 Å². The van der Waals surface area contributed by atoms with Gasteiger partial charge in [-0.2, -0.15) is 8.78 Å². The molecule has 0 saturated carbocycles. The predicted molar refractivity (Wildman–Crippen MR) is 64.1 cm³/mol. The van der Waals surface area contributed by atoms with Crippen LogP contribution in [0.5, 0.6) is 5.75 Å². The van der Waals surface area contributed by atoms with Crippen LogP contribution >= 0.6 is 24.2 Å². The second-order valence-electron chi connectivity index (χ2n) is 2.82. The van der Waals surface area contributed by atoms with Gasteiger partial charge in [-0.15, -0.1) is 12.6 Å². The van der Waals surface area contributed by atoms with E-state index in [0.29, 0.717) is 0 Å². The van der Waals surface area contributed by atoms with E-state index in [1.807, 2.05) is 0 Å². The van der Waals surface area contributed by atoms with Gasteiger partial charge in [0.25, 0.3) is 0 Å². The first-order chi connectivity index (χ1) is 7.58. The molecule has 0 radical (unpaired) electrons. The van der Waals surface area contributed by atoms with Crippen molar-refractivity contribution in [1.82, 2.24) is 5.32 Å². The Hall–Kier alpha value is -0.940. The summed E-state index contributed by atoms with van der Waals surface area (Å²) in [5.41, 5.74) is 1.47. The molecule has 0 aliphatic heterocycles. The fourth-order valence-corrected chi connectivity index (χ4v) is 1.65. The van der Waals surface area contributed by atoms with Gasteiger partial charge in [-0.05, 0) is 29.2 Å². The van der Waals surface area contributed by atoms with Crippen molar-refractivity contribution in [3.63, 3.8) is 0 Å². The van der Waals surface area contributed by atoms with Gasteiger partial charge in [-0.3, -0.25) is 0 Å². The van der Waals surface area contributed by atoms with Crippen molar-refractivity contribution in [2.24, 2.45) is 0 Å². The van der Waals surface area contributed by atoms with E-state index in [-0.39, 0.29) is 10.8 Å². The van der Waals surface area contributed by atoms with E-state index in [1.165, 1.54) is 12.1 Å².